The minimum absolute atomic E-state index is 0.0143. The Morgan fingerprint density at radius 1 is 1.56 bits per heavy atom. The summed E-state index contributed by atoms with van der Waals surface area (Å²) in [6.45, 7) is 4.04. The number of aliphatic carboxylic acids is 1. The van der Waals surface area contributed by atoms with Crippen molar-refractivity contribution < 1.29 is 9.90 Å². The number of carbonyl (C=O) groups is 1. The number of nitrogens with zero attached hydrogens (tertiary/aromatic N) is 3. The number of hydrogen-bond acceptors (Lipinski definition) is 3. The number of pyridine rings is 1. The smallest absolute Gasteiger partial charge is 0.307 e. The van der Waals surface area contributed by atoms with Gasteiger partial charge in [0, 0.05) is 12.1 Å². The molecule has 84 valence electrons. The van der Waals surface area contributed by atoms with Crippen LogP contribution < -0.4 is 0 Å². The molecule has 0 aromatic carbocycles. The van der Waals surface area contributed by atoms with Crippen molar-refractivity contribution in [2.24, 2.45) is 0 Å². The van der Waals surface area contributed by atoms with Crippen LogP contribution in [0.3, 0.4) is 0 Å². The standard InChI is InChI=1S/C11H13N3O2/c1-7(2)11-12-9-5-8(6-10(15)16)3-4-14(9)13-11/h3-5,7H,6H2,1-2H3,(H,15,16). The van der Waals surface area contributed by atoms with E-state index in [9.17, 15) is 4.79 Å². The molecule has 0 saturated carbocycles. The van der Waals surface area contributed by atoms with Crippen molar-refractivity contribution >= 4 is 11.6 Å². The molecule has 0 spiro atoms. The molecule has 0 aliphatic carbocycles. The van der Waals surface area contributed by atoms with E-state index in [1.165, 1.54) is 0 Å². The molecule has 0 radical (unpaired) electrons. The second-order valence-corrected chi connectivity index (χ2v) is 4.03. The van der Waals surface area contributed by atoms with Crippen LogP contribution in [0.2, 0.25) is 0 Å². The van der Waals surface area contributed by atoms with Crippen LogP contribution in [-0.2, 0) is 11.2 Å². The van der Waals surface area contributed by atoms with E-state index in [1.807, 2.05) is 13.8 Å². The van der Waals surface area contributed by atoms with E-state index in [0.29, 0.717) is 5.65 Å². The quantitative estimate of drug-likeness (QED) is 0.849. The lowest BCUT2D eigenvalue weighted by Crippen LogP contribution is -2.00. The number of aromatic nitrogens is 3. The molecule has 0 saturated heterocycles. The fraction of sp³-hybridized carbons (Fsp3) is 0.364. The van der Waals surface area contributed by atoms with E-state index in [1.54, 1.807) is 22.8 Å². The highest BCUT2D eigenvalue weighted by atomic mass is 16.4. The third-order valence-corrected chi connectivity index (χ3v) is 2.29. The molecule has 0 atom stereocenters. The second-order valence-electron chi connectivity index (χ2n) is 4.03. The summed E-state index contributed by atoms with van der Waals surface area (Å²) in [5, 5.41) is 13.0. The molecule has 1 N–H and O–H groups in total. The van der Waals surface area contributed by atoms with Gasteiger partial charge in [0.2, 0.25) is 0 Å². The molecule has 0 bridgehead atoms. The third kappa shape index (κ3) is 2.03. The van der Waals surface area contributed by atoms with Gasteiger partial charge in [0.15, 0.2) is 11.5 Å². The zero-order valence-corrected chi connectivity index (χ0v) is 9.21. The molecule has 0 aliphatic rings. The van der Waals surface area contributed by atoms with Gasteiger partial charge in [-0.2, -0.15) is 5.10 Å². The number of rotatable bonds is 3. The largest absolute Gasteiger partial charge is 0.481 e. The number of carboxylic acids is 1. The second kappa shape index (κ2) is 3.92. The molecule has 0 amide bonds. The van der Waals surface area contributed by atoms with Crippen molar-refractivity contribution in [2.45, 2.75) is 26.2 Å². The monoisotopic (exact) mass is 219 g/mol. The van der Waals surface area contributed by atoms with Crippen molar-refractivity contribution in [1.29, 1.82) is 0 Å². The number of hydrogen-bond donors (Lipinski definition) is 1. The minimum Gasteiger partial charge on any atom is -0.481 e. The maximum Gasteiger partial charge on any atom is 0.307 e. The van der Waals surface area contributed by atoms with Gasteiger partial charge in [-0.15, -0.1) is 0 Å². The van der Waals surface area contributed by atoms with E-state index in [-0.39, 0.29) is 12.3 Å². The average molecular weight is 219 g/mol. The topological polar surface area (TPSA) is 67.5 Å². The molecule has 0 fully saturated rings. The summed E-state index contributed by atoms with van der Waals surface area (Å²) in [4.78, 5) is 14.9. The summed E-state index contributed by atoms with van der Waals surface area (Å²) in [6, 6.07) is 3.51. The van der Waals surface area contributed by atoms with Crippen LogP contribution in [0.4, 0.5) is 0 Å². The van der Waals surface area contributed by atoms with Crippen LogP contribution in [0.25, 0.3) is 5.65 Å². The van der Waals surface area contributed by atoms with E-state index >= 15 is 0 Å². The highest BCUT2D eigenvalue weighted by Crippen LogP contribution is 2.12. The van der Waals surface area contributed by atoms with Crippen molar-refractivity contribution in [2.75, 3.05) is 0 Å². The SMILES string of the molecule is CC(C)c1nc2cc(CC(=O)O)ccn2n1. The highest BCUT2D eigenvalue weighted by molar-refractivity contribution is 5.70. The van der Waals surface area contributed by atoms with Crippen molar-refractivity contribution in [1.82, 2.24) is 14.6 Å². The molecule has 2 rings (SSSR count). The Balaban J connectivity index is 2.41. The first kappa shape index (κ1) is 10.6. The lowest BCUT2D eigenvalue weighted by Gasteiger charge is -1.96. The van der Waals surface area contributed by atoms with Gasteiger partial charge >= 0.3 is 5.97 Å². The van der Waals surface area contributed by atoms with Gasteiger partial charge in [0.25, 0.3) is 0 Å². The fourth-order valence-corrected chi connectivity index (χ4v) is 1.47. The van der Waals surface area contributed by atoms with Crippen molar-refractivity contribution in [3.63, 3.8) is 0 Å². The Morgan fingerprint density at radius 2 is 2.31 bits per heavy atom. The fourth-order valence-electron chi connectivity index (χ4n) is 1.47. The third-order valence-electron chi connectivity index (χ3n) is 2.29. The molecule has 16 heavy (non-hydrogen) atoms. The normalized spacial score (nSPS) is 11.2. The lowest BCUT2D eigenvalue weighted by molar-refractivity contribution is -0.136. The highest BCUT2D eigenvalue weighted by Gasteiger charge is 2.08. The van der Waals surface area contributed by atoms with Gasteiger partial charge in [-0.25, -0.2) is 9.50 Å². The number of fused-ring (bicyclic) bond motifs is 1. The Morgan fingerprint density at radius 3 is 2.94 bits per heavy atom. The molecule has 2 aromatic rings. The van der Waals surface area contributed by atoms with Crippen LogP contribution in [0.1, 0.15) is 31.2 Å². The predicted octanol–water partition coefficient (Wildman–Crippen LogP) is 1.48. The van der Waals surface area contributed by atoms with Gasteiger partial charge in [-0.3, -0.25) is 4.79 Å². The molecule has 0 unspecified atom stereocenters. The van der Waals surface area contributed by atoms with Gasteiger partial charge in [0.1, 0.15) is 0 Å². The predicted molar refractivity (Wildman–Crippen MR) is 58.4 cm³/mol. The first-order valence-corrected chi connectivity index (χ1v) is 5.13. The van der Waals surface area contributed by atoms with Gasteiger partial charge in [-0.1, -0.05) is 13.8 Å². The molecule has 5 heteroatoms. The van der Waals surface area contributed by atoms with Crippen LogP contribution in [-0.4, -0.2) is 25.7 Å². The maximum atomic E-state index is 10.6. The van der Waals surface area contributed by atoms with Crippen LogP contribution in [0.5, 0.6) is 0 Å². The van der Waals surface area contributed by atoms with Crippen LogP contribution in [0.15, 0.2) is 18.3 Å². The summed E-state index contributed by atoms with van der Waals surface area (Å²) in [7, 11) is 0. The lowest BCUT2D eigenvalue weighted by atomic mass is 10.2. The first-order chi connectivity index (χ1) is 7.56. The van der Waals surface area contributed by atoms with Gasteiger partial charge < -0.3 is 5.11 Å². The molecular formula is C11H13N3O2. The summed E-state index contributed by atoms with van der Waals surface area (Å²) < 4.78 is 1.67. The Labute approximate surface area is 92.7 Å². The summed E-state index contributed by atoms with van der Waals surface area (Å²) in [5.74, 6) is 0.197. The number of carboxylic acid groups (broad SMARTS) is 1. The zero-order chi connectivity index (χ0) is 11.7. The molecule has 5 nitrogen and oxygen atoms in total. The Bertz CT molecular complexity index is 531. The first-order valence-electron chi connectivity index (χ1n) is 5.13. The molecule has 2 heterocycles. The summed E-state index contributed by atoms with van der Waals surface area (Å²) in [5.41, 5.74) is 1.44. The van der Waals surface area contributed by atoms with Crippen LogP contribution in [0, 0.1) is 0 Å². The molecule has 0 aliphatic heterocycles. The Hall–Kier alpha value is -1.91. The maximum absolute atomic E-state index is 10.6. The molecule has 2 aromatic heterocycles. The average Bonchev–Trinajstić information content (AvgIpc) is 2.59. The van der Waals surface area contributed by atoms with E-state index in [2.05, 4.69) is 10.1 Å². The van der Waals surface area contributed by atoms with Crippen molar-refractivity contribution in [3.05, 3.63) is 29.7 Å². The van der Waals surface area contributed by atoms with Gasteiger partial charge in [0.05, 0.1) is 6.42 Å². The summed E-state index contributed by atoms with van der Waals surface area (Å²) in [6.07, 6.45) is 1.76. The van der Waals surface area contributed by atoms with Crippen molar-refractivity contribution in [3.8, 4) is 0 Å². The van der Waals surface area contributed by atoms with Crippen LogP contribution >= 0.6 is 0 Å². The summed E-state index contributed by atoms with van der Waals surface area (Å²) >= 11 is 0. The Kier molecular flexibility index (Phi) is 2.60. The minimum atomic E-state index is -0.840. The van der Waals surface area contributed by atoms with E-state index in [4.69, 9.17) is 5.11 Å². The van der Waals surface area contributed by atoms with Gasteiger partial charge in [-0.05, 0) is 17.7 Å². The molecular weight excluding hydrogens is 206 g/mol. The van der Waals surface area contributed by atoms with E-state index in [0.717, 1.165) is 11.4 Å². The van der Waals surface area contributed by atoms with E-state index < -0.39 is 5.97 Å². The zero-order valence-electron chi connectivity index (χ0n) is 9.21.